The standard InChI is InChI=1S/C14H11ClN2O4/c15-10-2-1-9(12(5-10)17(18)19)7-16-11-3-4-13-14(6-11)21-8-20-13/h1-6,16H,7-8H2. The minimum Gasteiger partial charge on any atom is -0.454 e. The van der Waals surface area contributed by atoms with Crippen LogP contribution in [0.5, 0.6) is 11.5 Å². The number of halogens is 1. The molecule has 7 heteroatoms. The lowest BCUT2D eigenvalue weighted by molar-refractivity contribution is -0.385. The van der Waals surface area contributed by atoms with Gasteiger partial charge in [-0.25, -0.2) is 0 Å². The van der Waals surface area contributed by atoms with Gasteiger partial charge in [0.25, 0.3) is 5.69 Å². The Bertz CT molecular complexity index is 705. The van der Waals surface area contributed by atoms with Crippen LogP contribution in [0, 0.1) is 10.1 Å². The summed E-state index contributed by atoms with van der Waals surface area (Å²) in [5, 5.41) is 14.5. The van der Waals surface area contributed by atoms with Gasteiger partial charge in [-0.05, 0) is 24.3 Å². The second-order valence-electron chi connectivity index (χ2n) is 4.45. The smallest absolute Gasteiger partial charge is 0.275 e. The van der Waals surface area contributed by atoms with E-state index in [9.17, 15) is 10.1 Å². The van der Waals surface area contributed by atoms with Crippen LogP contribution >= 0.6 is 11.6 Å². The summed E-state index contributed by atoms with van der Waals surface area (Å²) in [5.41, 5.74) is 1.35. The second-order valence-corrected chi connectivity index (χ2v) is 4.89. The summed E-state index contributed by atoms with van der Waals surface area (Å²) in [7, 11) is 0. The number of rotatable bonds is 4. The third-order valence-corrected chi connectivity index (χ3v) is 3.33. The fourth-order valence-electron chi connectivity index (χ4n) is 2.06. The van der Waals surface area contributed by atoms with Crippen molar-refractivity contribution in [2.45, 2.75) is 6.54 Å². The maximum atomic E-state index is 11.0. The molecule has 2 aromatic rings. The van der Waals surface area contributed by atoms with Crippen molar-refractivity contribution in [2.75, 3.05) is 12.1 Å². The Labute approximate surface area is 125 Å². The molecule has 0 fully saturated rings. The molecule has 1 N–H and O–H groups in total. The van der Waals surface area contributed by atoms with Crippen LogP contribution in [0.3, 0.4) is 0 Å². The molecular weight excluding hydrogens is 296 g/mol. The number of ether oxygens (including phenoxy) is 2. The van der Waals surface area contributed by atoms with Crippen molar-refractivity contribution in [1.82, 2.24) is 0 Å². The average Bonchev–Trinajstić information content (AvgIpc) is 2.93. The lowest BCUT2D eigenvalue weighted by Crippen LogP contribution is -2.03. The summed E-state index contributed by atoms with van der Waals surface area (Å²) < 4.78 is 10.5. The number of anilines is 1. The molecule has 108 valence electrons. The predicted octanol–water partition coefficient (Wildman–Crippen LogP) is 3.59. The minimum absolute atomic E-state index is 0.00394. The van der Waals surface area contributed by atoms with E-state index in [1.54, 1.807) is 24.3 Å². The lowest BCUT2D eigenvalue weighted by Gasteiger charge is -2.08. The third kappa shape index (κ3) is 2.85. The van der Waals surface area contributed by atoms with Gasteiger partial charge < -0.3 is 14.8 Å². The highest BCUT2D eigenvalue weighted by Gasteiger charge is 2.15. The number of hydrogen-bond donors (Lipinski definition) is 1. The molecule has 1 aliphatic rings. The first-order chi connectivity index (χ1) is 10.1. The van der Waals surface area contributed by atoms with E-state index in [-0.39, 0.29) is 12.5 Å². The largest absolute Gasteiger partial charge is 0.454 e. The Morgan fingerprint density at radius 1 is 1.19 bits per heavy atom. The summed E-state index contributed by atoms with van der Waals surface area (Å²) >= 11 is 5.79. The summed E-state index contributed by atoms with van der Waals surface area (Å²) in [6, 6.07) is 10.0. The molecule has 0 unspecified atom stereocenters. The van der Waals surface area contributed by atoms with E-state index in [2.05, 4.69) is 5.32 Å². The van der Waals surface area contributed by atoms with Crippen LogP contribution in [0.25, 0.3) is 0 Å². The quantitative estimate of drug-likeness (QED) is 0.690. The van der Waals surface area contributed by atoms with Crippen molar-refractivity contribution in [2.24, 2.45) is 0 Å². The number of benzene rings is 2. The molecule has 0 atom stereocenters. The zero-order chi connectivity index (χ0) is 14.8. The van der Waals surface area contributed by atoms with Crippen LogP contribution in [-0.4, -0.2) is 11.7 Å². The number of nitro groups is 1. The highest BCUT2D eigenvalue weighted by molar-refractivity contribution is 6.30. The van der Waals surface area contributed by atoms with E-state index < -0.39 is 4.92 Å². The van der Waals surface area contributed by atoms with E-state index in [1.165, 1.54) is 6.07 Å². The van der Waals surface area contributed by atoms with Gasteiger partial charge in [-0.3, -0.25) is 10.1 Å². The van der Waals surface area contributed by atoms with Crippen LogP contribution in [0.15, 0.2) is 36.4 Å². The van der Waals surface area contributed by atoms with E-state index >= 15 is 0 Å². The van der Waals surface area contributed by atoms with Crippen molar-refractivity contribution < 1.29 is 14.4 Å². The highest BCUT2D eigenvalue weighted by atomic mass is 35.5. The summed E-state index contributed by atoms with van der Waals surface area (Å²) in [5.74, 6) is 1.35. The van der Waals surface area contributed by atoms with Crippen molar-refractivity contribution in [1.29, 1.82) is 0 Å². The first-order valence-electron chi connectivity index (χ1n) is 6.20. The molecule has 1 heterocycles. The number of fused-ring (bicyclic) bond motifs is 1. The Hall–Kier alpha value is -2.47. The van der Waals surface area contributed by atoms with Gasteiger partial charge >= 0.3 is 0 Å². The van der Waals surface area contributed by atoms with Crippen molar-refractivity contribution in [3.05, 3.63) is 57.1 Å². The number of nitrogens with zero attached hydrogens (tertiary/aromatic N) is 1. The minimum atomic E-state index is -0.442. The van der Waals surface area contributed by atoms with Gasteiger partial charge in [-0.15, -0.1) is 0 Å². The second kappa shape index (κ2) is 5.49. The molecule has 6 nitrogen and oxygen atoms in total. The first-order valence-corrected chi connectivity index (χ1v) is 6.57. The average molecular weight is 307 g/mol. The van der Waals surface area contributed by atoms with Crippen LogP contribution in [-0.2, 0) is 6.54 Å². The van der Waals surface area contributed by atoms with Crippen LogP contribution < -0.4 is 14.8 Å². The molecule has 2 aromatic carbocycles. The van der Waals surface area contributed by atoms with Gasteiger partial charge in [-0.1, -0.05) is 11.6 Å². The summed E-state index contributed by atoms with van der Waals surface area (Å²) in [6.45, 7) is 0.522. The highest BCUT2D eigenvalue weighted by Crippen LogP contribution is 2.34. The monoisotopic (exact) mass is 306 g/mol. The Morgan fingerprint density at radius 2 is 2.00 bits per heavy atom. The molecule has 0 bridgehead atoms. The zero-order valence-corrected chi connectivity index (χ0v) is 11.6. The normalized spacial score (nSPS) is 12.2. The number of nitrogens with one attached hydrogen (secondary N) is 1. The van der Waals surface area contributed by atoms with Gasteiger partial charge in [0.05, 0.1) is 4.92 Å². The number of nitro benzene ring substituents is 1. The van der Waals surface area contributed by atoms with Crippen molar-refractivity contribution in [3.8, 4) is 11.5 Å². The van der Waals surface area contributed by atoms with Gasteiger partial charge in [-0.2, -0.15) is 0 Å². The van der Waals surface area contributed by atoms with E-state index in [0.29, 0.717) is 28.6 Å². The molecule has 21 heavy (non-hydrogen) atoms. The fourth-order valence-corrected chi connectivity index (χ4v) is 2.23. The molecule has 0 saturated heterocycles. The van der Waals surface area contributed by atoms with Crippen molar-refractivity contribution in [3.63, 3.8) is 0 Å². The Balaban J connectivity index is 1.77. The maximum Gasteiger partial charge on any atom is 0.275 e. The third-order valence-electron chi connectivity index (χ3n) is 3.10. The summed E-state index contributed by atoms with van der Waals surface area (Å²) in [4.78, 5) is 10.6. The fraction of sp³-hybridized carbons (Fsp3) is 0.143. The molecule has 0 amide bonds. The van der Waals surface area contributed by atoms with Gasteiger partial charge in [0.2, 0.25) is 6.79 Å². The van der Waals surface area contributed by atoms with Crippen LogP contribution in [0.2, 0.25) is 5.02 Å². The molecule has 0 radical (unpaired) electrons. The van der Waals surface area contributed by atoms with E-state index in [4.69, 9.17) is 21.1 Å². The SMILES string of the molecule is O=[N+]([O-])c1cc(Cl)ccc1CNc1ccc2c(c1)OCO2. The van der Waals surface area contributed by atoms with E-state index in [1.807, 2.05) is 6.07 Å². The first kappa shape index (κ1) is 13.5. The Kier molecular flexibility index (Phi) is 3.53. The van der Waals surface area contributed by atoms with Crippen molar-refractivity contribution >= 4 is 23.0 Å². The van der Waals surface area contributed by atoms with Gasteiger partial charge in [0, 0.05) is 35.0 Å². The predicted molar refractivity (Wildman–Crippen MR) is 78.0 cm³/mol. The van der Waals surface area contributed by atoms with Gasteiger partial charge in [0.1, 0.15) is 0 Å². The zero-order valence-electron chi connectivity index (χ0n) is 10.8. The molecule has 0 aromatic heterocycles. The number of hydrogen-bond acceptors (Lipinski definition) is 5. The lowest BCUT2D eigenvalue weighted by atomic mass is 10.1. The van der Waals surface area contributed by atoms with Crippen LogP contribution in [0.1, 0.15) is 5.56 Å². The molecule has 3 rings (SSSR count). The summed E-state index contributed by atoms with van der Waals surface area (Å²) in [6.07, 6.45) is 0. The van der Waals surface area contributed by atoms with Gasteiger partial charge in [0.15, 0.2) is 11.5 Å². The molecule has 1 aliphatic heterocycles. The molecular formula is C14H11ClN2O4. The Morgan fingerprint density at radius 3 is 2.81 bits per heavy atom. The molecule has 0 saturated carbocycles. The van der Waals surface area contributed by atoms with Crippen LogP contribution in [0.4, 0.5) is 11.4 Å². The maximum absolute atomic E-state index is 11.0. The molecule has 0 aliphatic carbocycles. The topological polar surface area (TPSA) is 73.6 Å². The molecule has 0 spiro atoms. The van der Waals surface area contributed by atoms with E-state index in [0.717, 1.165) is 5.69 Å².